The molecule has 0 radical (unpaired) electrons. The van der Waals surface area contributed by atoms with Crippen LogP contribution in [0.4, 0.5) is 0 Å². The summed E-state index contributed by atoms with van der Waals surface area (Å²) >= 11 is 0. The molecule has 2 aromatic rings. The van der Waals surface area contributed by atoms with Crippen LogP contribution in [0.2, 0.25) is 0 Å². The Balaban J connectivity index is 2.84. The van der Waals surface area contributed by atoms with Crippen molar-refractivity contribution < 1.29 is 9.84 Å². The number of hydrogen-bond donors (Lipinski definition) is 1. The fourth-order valence-corrected chi connectivity index (χ4v) is 4.26. The molecule has 0 fully saturated rings. The molecule has 2 nitrogen and oxygen atoms in total. The highest BCUT2D eigenvalue weighted by atomic mass is 16.5. The Morgan fingerprint density at radius 2 is 1.31 bits per heavy atom. The molecule has 0 aliphatic heterocycles. The lowest BCUT2D eigenvalue weighted by molar-refractivity contribution is 0.387. The van der Waals surface area contributed by atoms with E-state index in [-0.39, 0.29) is 16.7 Å². The highest BCUT2D eigenvalue weighted by Gasteiger charge is 2.29. The summed E-state index contributed by atoms with van der Waals surface area (Å²) in [7, 11) is 1.77. The largest absolute Gasteiger partial charge is 0.507 e. The maximum atomic E-state index is 11.3. The van der Waals surface area contributed by atoms with Gasteiger partial charge in [0.2, 0.25) is 0 Å². The van der Waals surface area contributed by atoms with Gasteiger partial charge in [0.1, 0.15) is 11.5 Å². The van der Waals surface area contributed by atoms with E-state index in [1.54, 1.807) is 7.11 Å². The van der Waals surface area contributed by atoms with Crippen LogP contribution in [0.5, 0.6) is 11.5 Å². The van der Waals surface area contributed by atoms with Crippen LogP contribution in [-0.4, -0.2) is 12.2 Å². The van der Waals surface area contributed by atoms with Gasteiger partial charge >= 0.3 is 0 Å². The molecule has 0 aliphatic carbocycles. The van der Waals surface area contributed by atoms with E-state index in [1.807, 2.05) is 0 Å². The van der Waals surface area contributed by atoms with Gasteiger partial charge in [-0.1, -0.05) is 90.3 Å². The van der Waals surface area contributed by atoms with Gasteiger partial charge in [0.05, 0.1) is 7.11 Å². The van der Waals surface area contributed by atoms with Crippen LogP contribution in [0.15, 0.2) is 24.3 Å². The van der Waals surface area contributed by atoms with E-state index in [0.29, 0.717) is 5.75 Å². The lowest BCUT2D eigenvalue weighted by Crippen LogP contribution is -2.17. The maximum absolute atomic E-state index is 11.3. The van der Waals surface area contributed by atoms with Gasteiger partial charge in [-0.15, -0.1) is 0 Å². The predicted octanol–water partition coefficient (Wildman–Crippen LogP) is 7.54. The number of aryl methyl sites for hydroxylation is 2. The summed E-state index contributed by atoms with van der Waals surface area (Å²) in [5, 5.41) is 11.3. The third kappa shape index (κ3) is 4.97. The minimum absolute atomic E-state index is 0.0197. The molecule has 29 heavy (non-hydrogen) atoms. The number of methoxy groups -OCH3 is 1. The van der Waals surface area contributed by atoms with E-state index >= 15 is 0 Å². The van der Waals surface area contributed by atoms with Crippen molar-refractivity contribution in [2.45, 2.75) is 91.9 Å². The second-order valence-electron chi connectivity index (χ2n) is 10.5. The summed E-state index contributed by atoms with van der Waals surface area (Å²) in [6, 6.07) is 8.76. The predicted molar refractivity (Wildman–Crippen MR) is 125 cm³/mol. The summed E-state index contributed by atoms with van der Waals surface area (Å²) in [5.74, 6) is 1.49. The van der Waals surface area contributed by atoms with Crippen molar-refractivity contribution >= 4 is 0 Å². The van der Waals surface area contributed by atoms with E-state index < -0.39 is 0 Å². The monoisotopic (exact) mass is 396 g/mol. The SMILES string of the molecule is CCCC(c1cc(C)cc(C(C)(C)C)c1O)c1cc(C)cc(C(C)(C)C)c1OC. The highest BCUT2D eigenvalue weighted by molar-refractivity contribution is 5.56. The molecule has 2 heteroatoms. The Labute approximate surface area is 178 Å². The molecule has 2 aromatic carbocycles. The van der Waals surface area contributed by atoms with E-state index in [0.717, 1.165) is 29.7 Å². The maximum Gasteiger partial charge on any atom is 0.126 e. The van der Waals surface area contributed by atoms with Gasteiger partial charge < -0.3 is 9.84 Å². The number of benzene rings is 2. The summed E-state index contributed by atoms with van der Waals surface area (Å²) in [6.07, 6.45) is 1.99. The number of aromatic hydroxyl groups is 1. The third-order valence-corrected chi connectivity index (χ3v) is 5.69. The molecule has 0 saturated heterocycles. The first-order chi connectivity index (χ1) is 13.3. The Hall–Kier alpha value is -1.96. The van der Waals surface area contributed by atoms with Crippen molar-refractivity contribution in [1.29, 1.82) is 0 Å². The van der Waals surface area contributed by atoms with E-state index in [1.165, 1.54) is 22.3 Å². The van der Waals surface area contributed by atoms with Gasteiger partial charge in [-0.25, -0.2) is 0 Å². The van der Waals surface area contributed by atoms with Crippen LogP contribution < -0.4 is 4.74 Å². The molecule has 0 bridgehead atoms. The first-order valence-electron chi connectivity index (χ1n) is 10.8. The second kappa shape index (κ2) is 8.42. The van der Waals surface area contributed by atoms with Gasteiger partial charge in [0.25, 0.3) is 0 Å². The Morgan fingerprint density at radius 3 is 1.76 bits per heavy atom. The van der Waals surface area contributed by atoms with Gasteiger partial charge in [-0.05, 0) is 36.7 Å². The third-order valence-electron chi connectivity index (χ3n) is 5.69. The lowest BCUT2D eigenvalue weighted by Gasteiger charge is -2.30. The average molecular weight is 397 g/mol. The van der Waals surface area contributed by atoms with Crippen LogP contribution in [0.1, 0.15) is 101 Å². The zero-order valence-corrected chi connectivity index (χ0v) is 20.2. The summed E-state index contributed by atoms with van der Waals surface area (Å²) in [5.41, 5.74) is 6.71. The van der Waals surface area contributed by atoms with Gasteiger partial charge in [0.15, 0.2) is 0 Å². The molecule has 0 aromatic heterocycles. The topological polar surface area (TPSA) is 29.5 Å². The minimum atomic E-state index is -0.116. The van der Waals surface area contributed by atoms with E-state index in [2.05, 4.69) is 86.6 Å². The van der Waals surface area contributed by atoms with Crippen LogP contribution in [-0.2, 0) is 10.8 Å². The van der Waals surface area contributed by atoms with Crippen molar-refractivity contribution in [2.75, 3.05) is 7.11 Å². The Morgan fingerprint density at radius 1 is 0.828 bits per heavy atom. The van der Waals surface area contributed by atoms with Crippen molar-refractivity contribution in [1.82, 2.24) is 0 Å². The van der Waals surface area contributed by atoms with Crippen LogP contribution in [0, 0.1) is 13.8 Å². The summed E-state index contributed by atoms with van der Waals surface area (Å²) < 4.78 is 5.99. The molecule has 0 heterocycles. The smallest absolute Gasteiger partial charge is 0.126 e. The first-order valence-corrected chi connectivity index (χ1v) is 10.8. The van der Waals surface area contributed by atoms with Crippen LogP contribution in [0.25, 0.3) is 0 Å². The fraction of sp³-hybridized carbons (Fsp3) is 0.556. The molecule has 1 N–H and O–H groups in total. The van der Waals surface area contributed by atoms with Crippen molar-refractivity contribution in [3.8, 4) is 11.5 Å². The van der Waals surface area contributed by atoms with Gasteiger partial charge in [-0.3, -0.25) is 0 Å². The summed E-state index contributed by atoms with van der Waals surface area (Å²) in [4.78, 5) is 0. The fourth-order valence-electron chi connectivity index (χ4n) is 4.26. The number of hydrogen-bond acceptors (Lipinski definition) is 2. The Bertz CT molecular complexity index is 864. The number of phenolic OH excluding ortho intramolecular Hbond substituents is 1. The summed E-state index contributed by atoms with van der Waals surface area (Å²) in [6.45, 7) is 19.6. The number of phenols is 1. The van der Waals surface area contributed by atoms with Gasteiger partial charge in [0, 0.05) is 22.6 Å². The number of rotatable bonds is 5. The van der Waals surface area contributed by atoms with Crippen LogP contribution in [0.3, 0.4) is 0 Å². The molecule has 160 valence electrons. The number of ether oxygens (including phenoxy) is 1. The van der Waals surface area contributed by atoms with Crippen molar-refractivity contribution in [2.24, 2.45) is 0 Å². The standard InChI is InChI=1S/C27H40O2/c1-11-12-19(20-13-17(2)15-22(24(20)28)26(4,5)6)21-14-18(3)16-23(25(21)29-10)27(7,8)9/h13-16,19,28H,11-12H2,1-10H3. The van der Waals surface area contributed by atoms with Crippen LogP contribution >= 0.6 is 0 Å². The second-order valence-corrected chi connectivity index (χ2v) is 10.5. The van der Waals surface area contributed by atoms with Crippen molar-refractivity contribution in [3.63, 3.8) is 0 Å². The molecule has 0 spiro atoms. The lowest BCUT2D eigenvalue weighted by atomic mass is 9.77. The zero-order chi connectivity index (χ0) is 22.1. The molecule has 0 aliphatic rings. The minimum Gasteiger partial charge on any atom is -0.507 e. The van der Waals surface area contributed by atoms with Crippen molar-refractivity contribution in [3.05, 3.63) is 57.6 Å². The first kappa shape index (κ1) is 23.3. The molecule has 2 rings (SSSR count). The average Bonchev–Trinajstić information content (AvgIpc) is 2.59. The molecule has 1 atom stereocenters. The molecule has 1 unspecified atom stereocenters. The quantitative estimate of drug-likeness (QED) is 0.565. The highest BCUT2D eigenvalue weighted by Crippen LogP contribution is 2.46. The molecular formula is C27H40O2. The molecule has 0 amide bonds. The zero-order valence-electron chi connectivity index (χ0n) is 20.2. The van der Waals surface area contributed by atoms with E-state index in [4.69, 9.17) is 4.74 Å². The Kier molecular flexibility index (Phi) is 6.77. The normalized spacial score (nSPS) is 13.4. The molecular weight excluding hydrogens is 356 g/mol. The van der Waals surface area contributed by atoms with E-state index in [9.17, 15) is 5.11 Å². The molecule has 0 saturated carbocycles. The van der Waals surface area contributed by atoms with Gasteiger partial charge in [-0.2, -0.15) is 0 Å².